The first-order valence-electron chi connectivity index (χ1n) is 3.71. The van der Waals surface area contributed by atoms with Crippen LogP contribution in [0.4, 0.5) is 0 Å². The summed E-state index contributed by atoms with van der Waals surface area (Å²) in [6.07, 6.45) is 2.50. The minimum Gasteiger partial charge on any atom is -0.409 e. The average Bonchev–Trinajstić information content (AvgIpc) is 2.48. The van der Waals surface area contributed by atoms with Crippen LogP contribution in [0.25, 0.3) is 11.2 Å². The molecule has 2 aromatic rings. The van der Waals surface area contributed by atoms with Crippen molar-refractivity contribution < 1.29 is 5.21 Å². The highest BCUT2D eigenvalue weighted by Gasteiger charge is 2.06. The molecule has 0 bridgehead atoms. The highest BCUT2D eigenvalue weighted by atomic mass is 16.5. The number of hydrogen-bond donors (Lipinski definition) is 1. The second-order valence-electron chi connectivity index (χ2n) is 2.47. The SMILES string of the molecule is CCc1ccnc2c1nnn2O. The summed E-state index contributed by atoms with van der Waals surface area (Å²) in [7, 11) is 0. The zero-order chi connectivity index (χ0) is 8.55. The molecule has 2 rings (SSSR count). The van der Waals surface area contributed by atoms with Crippen molar-refractivity contribution in [2.45, 2.75) is 13.3 Å². The molecule has 0 aromatic carbocycles. The van der Waals surface area contributed by atoms with Crippen LogP contribution in [0.2, 0.25) is 0 Å². The highest BCUT2D eigenvalue weighted by molar-refractivity contribution is 5.73. The highest BCUT2D eigenvalue weighted by Crippen LogP contribution is 2.12. The van der Waals surface area contributed by atoms with Crippen LogP contribution >= 0.6 is 0 Å². The Kier molecular flexibility index (Phi) is 1.43. The summed E-state index contributed by atoms with van der Waals surface area (Å²) >= 11 is 0. The Morgan fingerprint density at radius 1 is 1.58 bits per heavy atom. The van der Waals surface area contributed by atoms with Gasteiger partial charge in [-0.1, -0.05) is 11.8 Å². The van der Waals surface area contributed by atoms with E-state index in [1.165, 1.54) is 0 Å². The van der Waals surface area contributed by atoms with Gasteiger partial charge in [0.15, 0.2) is 0 Å². The molecule has 5 heteroatoms. The maximum Gasteiger partial charge on any atom is 0.219 e. The van der Waals surface area contributed by atoms with E-state index in [0.29, 0.717) is 16.0 Å². The van der Waals surface area contributed by atoms with E-state index in [9.17, 15) is 0 Å². The van der Waals surface area contributed by atoms with E-state index < -0.39 is 0 Å². The summed E-state index contributed by atoms with van der Waals surface area (Å²) in [5, 5.41) is 16.4. The van der Waals surface area contributed by atoms with Gasteiger partial charge in [0.2, 0.25) is 5.65 Å². The van der Waals surface area contributed by atoms with E-state index in [1.54, 1.807) is 6.20 Å². The van der Waals surface area contributed by atoms with Crippen molar-refractivity contribution in [3.8, 4) is 0 Å². The number of aromatic nitrogens is 4. The van der Waals surface area contributed by atoms with Gasteiger partial charge in [-0.15, -0.1) is 5.10 Å². The maximum absolute atomic E-state index is 9.11. The molecule has 0 saturated heterocycles. The van der Waals surface area contributed by atoms with Crippen molar-refractivity contribution in [3.05, 3.63) is 17.8 Å². The lowest BCUT2D eigenvalue weighted by molar-refractivity contribution is 0.153. The van der Waals surface area contributed by atoms with Gasteiger partial charge in [-0.05, 0) is 23.3 Å². The lowest BCUT2D eigenvalue weighted by atomic mass is 10.2. The Labute approximate surface area is 68.6 Å². The zero-order valence-electron chi connectivity index (χ0n) is 6.60. The Morgan fingerprint density at radius 3 is 3.17 bits per heavy atom. The fourth-order valence-corrected chi connectivity index (χ4v) is 1.15. The first kappa shape index (κ1) is 7.02. The van der Waals surface area contributed by atoms with Crippen LogP contribution in [0.1, 0.15) is 12.5 Å². The third kappa shape index (κ3) is 0.827. The Bertz CT molecular complexity index is 409. The molecule has 0 aliphatic heterocycles. The monoisotopic (exact) mass is 164 g/mol. The average molecular weight is 164 g/mol. The van der Waals surface area contributed by atoms with Gasteiger partial charge in [-0.25, -0.2) is 4.98 Å². The standard InChI is InChI=1S/C7H8N4O/c1-2-5-3-4-8-7-6(5)9-10-11(7)12/h3-4,12H,2H2,1H3. The molecule has 2 aromatic heterocycles. The molecule has 5 nitrogen and oxygen atoms in total. The minimum absolute atomic E-state index is 0.411. The van der Waals surface area contributed by atoms with Crippen LogP contribution < -0.4 is 0 Å². The van der Waals surface area contributed by atoms with Gasteiger partial charge < -0.3 is 5.21 Å². The van der Waals surface area contributed by atoms with Gasteiger partial charge in [0.05, 0.1) is 0 Å². The number of nitrogens with zero attached hydrogens (tertiary/aromatic N) is 4. The second kappa shape index (κ2) is 2.44. The van der Waals surface area contributed by atoms with E-state index in [1.807, 2.05) is 13.0 Å². The van der Waals surface area contributed by atoms with Crippen LogP contribution in [-0.2, 0) is 6.42 Å². The summed E-state index contributed by atoms with van der Waals surface area (Å²) in [5.41, 5.74) is 2.12. The molecule has 12 heavy (non-hydrogen) atoms. The number of aryl methyl sites for hydroxylation is 1. The largest absolute Gasteiger partial charge is 0.409 e. The van der Waals surface area contributed by atoms with Gasteiger partial charge in [-0.3, -0.25) is 0 Å². The molecule has 0 aliphatic carbocycles. The van der Waals surface area contributed by atoms with E-state index in [-0.39, 0.29) is 0 Å². The first-order chi connectivity index (χ1) is 5.83. The molecular formula is C7H8N4O. The summed E-state index contributed by atoms with van der Waals surface area (Å²) < 4.78 is 0. The molecule has 0 radical (unpaired) electrons. The van der Waals surface area contributed by atoms with Crippen molar-refractivity contribution in [2.24, 2.45) is 0 Å². The molecule has 0 unspecified atom stereocenters. The Morgan fingerprint density at radius 2 is 2.42 bits per heavy atom. The minimum atomic E-state index is 0.411. The van der Waals surface area contributed by atoms with Gasteiger partial charge in [0, 0.05) is 6.20 Å². The van der Waals surface area contributed by atoms with Crippen LogP contribution in [-0.4, -0.2) is 25.3 Å². The molecule has 0 amide bonds. The lowest BCUT2D eigenvalue weighted by Crippen LogP contribution is -1.93. The van der Waals surface area contributed by atoms with Gasteiger partial charge >= 0.3 is 0 Å². The molecule has 0 aliphatic rings. The first-order valence-corrected chi connectivity index (χ1v) is 3.71. The molecule has 2 heterocycles. The van der Waals surface area contributed by atoms with Crippen LogP contribution in [0.15, 0.2) is 12.3 Å². The molecule has 62 valence electrons. The van der Waals surface area contributed by atoms with Crippen molar-refractivity contribution in [1.29, 1.82) is 0 Å². The molecule has 0 atom stereocenters. The van der Waals surface area contributed by atoms with Gasteiger partial charge in [-0.2, -0.15) is 0 Å². The molecule has 1 N–H and O–H groups in total. The predicted molar refractivity (Wildman–Crippen MR) is 41.9 cm³/mol. The fourth-order valence-electron chi connectivity index (χ4n) is 1.15. The normalized spacial score (nSPS) is 10.8. The Balaban J connectivity index is 2.81. The number of hydrogen-bond acceptors (Lipinski definition) is 4. The maximum atomic E-state index is 9.11. The summed E-state index contributed by atoms with van der Waals surface area (Å²) in [6, 6.07) is 1.87. The molecule has 0 spiro atoms. The van der Waals surface area contributed by atoms with E-state index in [0.717, 1.165) is 12.0 Å². The van der Waals surface area contributed by atoms with Crippen molar-refractivity contribution >= 4 is 11.2 Å². The summed E-state index contributed by atoms with van der Waals surface area (Å²) in [4.78, 5) is 4.63. The van der Waals surface area contributed by atoms with Gasteiger partial charge in [0.25, 0.3) is 0 Å². The fraction of sp³-hybridized carbons (Fsp3) is 0.286. The van der Waals surface area contributed by atoms with Crippen molar-refractivity contribution in [1.82, 2.24) is 20.1 Å². The van der Waals surface area contributed by atoms with E-state index in [4.69, 9.17) is 5.21 Å². The van der Waals surface area contributed by atoms with Crippen LogP contribution in [0.5, 0.6) is 0 Å². The third-order valence-electron chi connectivity index (χ3n) is 1.79. The third-order valence-corrected chi connectivity index (χ3v) is 1.79. The Hall–Kier alpha value is -1.65. The number of fused-ring (bicyclic) bond motifs is 1. The van der Waals surface area contributed by atoms with Crippen molar-refractivity contribution in [3.63, 3.8) is 0 Å². The van der Waals surface area contributed by atoms with Gasteiger partial charge in [0.1, 0.15) is 5.52 Å². The van der Waals surface area contributed by atoms with Crippen LogP contribution in [0, 0.1) is 0 Å². The van der Waals surface area contributed by atoms with Crippen LogP contribution in [0.3, 0.4) is 0 Å². The van der Waals surface area contributed by atoms with E-state index in [2.05, 4.69) is 15.3 Å². The molecule has 0 saturated carbocycles. The summed E-state index contributed by atoms with van der Waals surface area (Å²) in [6.45, 7) is 2.02. The molecule has 0 fully saturated rings. The number of pyridine rings is 1. The molecular weight excluding hydrogens is 156 g/mol. The smallest absolute Gasteiger partial charge is 0.219 e. The second-order valence-corrected chi connectivity index (χ2v) is 2.47. The quantitative estimate of drug-likeness (QED) is 0.628. The zero-order valence-corrected chi connectivity index (χ0v) is 6.60. The van der Waals surface area contributed by atoms with Crippen molar-refractivity contribution in [2.75, 3.05) is 0 Å². The summed E-state index contributed by atoms with van der Waals surface area (Å²) in [5.74, 6) is 0. The van der Waals surface area contributed by atoms with E-state index >= 15 is 0 Å². The topological polar surface area (TPSA) is 63.8 Å². The number of rotatable bonds is 1. The lowest BCUT2D eigenvalue weighted by Gasteiger charge is -1.94. The predicted octanol–water partition coefficient (Wildman–Crippen LogP) is 0.626.